The van der Waals surface area contributed by atoms with Crippen LogP contribution in [0.2, 0.25) is 0 Å². The van der Waals surface area contributed by atoms with E-state index in [9.17, 15) is 9.59 Å². The zero-order valence-corrected chi connectivity index (χ0v) is 25.8. The molecule has 0 radical (unpaired) electrons. The van der Waals surface area contributed by atoms with Gasteiger partial charge in [-0.15, -0.1) is 0 Å². The first-order valence-corrected chi connectivity index (χ1v) is 15.3. The summed E-state index contributed by atoms with van der Waals surface area (Å²) in [7, 11) is 4.87. The van der Waals surface area contributed by atoms with Crippen molar-refractivity contribution in [2.45, 2.75) is 90.5 Å². The second-order valence-corrected chi connectivity index (χ2v) is 10.6. The molecule has 8 nitrogen and oxygen atoms in total. The highest BCUT2D eigenvalue weighted by Crippen LogP contribution is 2.28. The third-order valence-electron chi connectivity index (χ3n) is 7.35. The number of hydrogen-bond acceptors (Lipinski definition) is 6. The minimum absolute atomic E-state index is 0.0373. The van der Waals surface area contributed by atoms with E-state index < -0.39 is 0 Å². The topological polar surface area (TPSA) is 81.5 Å². The molecule has 230 valence electrons. The van der Waals surface area contributed by atoms with Gasteiger partial charge in [0.1, 0.15) is 5.76 Å². The van der Waals surface area contributed by atoms with Crippen LogP contribution in [-0.2, 0) is 27.3 Å². The number of unbranched alkanes of at least 4 members (excludes halogenated alkanes) is 8. The van der Waals surface area contributed by atoms with Crippen LogP contribution in [0.3, 0.4) is 0 Å². The first-order chi connectivity index (χ1) is 20.0. The van der Waals surface area contributed by atoms with Gasteiger partial charge in [-0.3, -0.25) is 9.59 Å². The molecule has 8 heteroatoms. The van der Waals surface area contributed by atoms with Crippen LogP contribution in [-0.4, -0.2) is 69.2 Å². The van der Waals surface area contributed by atoms with Crippen molar-refractivity contribution in [3.05, 3.63) is 47.9 Å². The van der Waals surface area contributed by atoms with Gasteiger partial charge in [0.15, 0.2) is 11.5 Å². The first kappa shape index (κ1) is 34.2. The Bertz CT molecular complexity index is 978. The van der Waals surface area contributed by atoms with E-state index in [1.807, 2.05) is 30.3 Å². The van der Waals surface area contributed by atoms with Gasteiger partial charge < -0.3 is 28.4 Å². The van der Waals surface area contributed by atoms with Gasteiger partial charge in [0.05, 0.1) is 33.6 Å². The Balaban J connectivity index is 1.97. The van der Waals surface area contributed by atoms with E-state index in [1.54, 1.807) is 37.4 Å². The van der Waals surface area contributed by atoms with Crippen LogP contribution in [0.5, 0.6) is 11.5 Å². The standard InChI is InChI=1S/C33H52N2O6/c1-5-6-7-8-9-10-11-12-13-17-32(36)34(21-15-23-38-2)27-33(37)35(26-29-16-14-24-41-29)22-20-28-18-19-30(39-3)31(25-28)40-4/h14,16,18-19,24-25H,5-13,15,17,20-23,26-27H2,1-4H3. The molecular formula is C33H52N2O6. The van der Waals surface area contributed by atoms with Gasteiger partial charge in [-0.05, 0) is 49.1 Å². The van der Waals surface area contributed by atoms with Crippen molar-refractivity contribution in [3.8, 4) is 11.5 Å². The molecule has 0 saturated heterocycles. The molecule has 0 atom stereocenters. The second-order valence-electron chi connectivity index (χ2n) is 10.6. The number of rotatable bonds is 23. The Morgan fingerprint density at radius 2 is 1.49 bits per heavy atom. The number of carbonyl (C=O) groups excluding carboxylic acids is 2. The molecule has 0 aliphatic rings. The maximum atomic E-state index is 13.6. The molecule has 0 N–H and O–H groups in total. The van der Waals surface area contributed by atoms with Gasteiger partial charge in [0.2, 0.25) is 11.8 Å². The van der Waals surface area contributed by atoms with Gasteiger partial charge in [-0.25, -0.2) is 0 Å². The Morgan fingerprint density at radius 1 is 0.780 bits per heavy atom. The molecule has 1 aromatic carbocycles. The molecule has 2 rings (SSSR count). The summed E-state index contributed by atoms with van der Waals surface area (Å²) in [5.41, 5.74) is 1.03. The number of nitrogens with zero attached hydrogens (tertiary/aromatic N) is 2. The number of benzene rings is 1. The Labute approximate surface area is 247 Å². The van der Waals surface area contributed by atoms with Gasteiger partial charge >= 0.3 is 0 Å². The predicted molar refractivity (Wildman–Crippen MR) is 162 cm³/mol. The van der Waals surface area contributed by atoms with E-state index >= 15 is 0 Å². The molecule has 1 aromatic heterocycles. The summed E-state index contributed by atoms with van der Waals surface area (Å²) in [6, 6.07) is 9.46. The number of furan rings is 1. The van der Waals surface area contributed by atoms with Crippen molar-refractivity contribution in [1.29, 1.82) is 0 Å². The quantitative estimate of drug-likeness (QED) is 0.139. The summed E-state index contributed by atoms with van der Waals surface area (Å²) in [4.78, 5) is 30.3. The van der Waals surface area contributed by atoms with Crippen molar-refractivity contribution >= 4 is 11.8 Å². The second kappa shape index (κ2) is 20.8. The fourth-order valence-electron chi connectivity index (χ4n) is 4.88. The van der Waals surface area contributed by atoms with E-state index in [1.165, 1.54) is 38.5 Å². The lowest BCUT2D eigenvalue weighted by Gasteiger charge is -2.27. The minimum Gasteiger partial charge on any atom is -0.493 e. The largest absolute Gasteiger partial charge is 0.493 e. The summed E-state index contributed by atoms with van der Waals surface area (Å²) >= 11 is 0. The van der Waals surface area contributed by atoms with Crippen LogP contribution in [0, 0.1) is 0 Å². The first-order valence-electron chi connectivity index (χ1n) is 15.3. The van der Waals surface area contributed by atoms with Crippen LogP contribution >= 0.6 is 0 Å². The molecule has 0 fully saturated rings. The lowest BCUT2D eigenvalue weighted by molar-refractivity contribution is -0.141. The van der Waals surface area contributed by atoms with Crippen LogP contribution < -0.4 is 9.47 Å². The van der Waals surface area contributed by atoms with Crippen molar-refractivity contribution in [3.63, 3.8) is 0 Å². The van der Waals surface area contributed by atoms with Crippen molar-refractivity contribution < 1.29 is 28.2 Å². The number of hydrogen-bond donors (Lipinski definition) is 0. The number of amides is 2. The van der Waals surface area contributed by atoms with Gasteiger partial charge in [-0.1, -0.05) is 64.4 Å². The molecule has 2 aromatic rings. The molecule has 0 aliphatic carbocycles. The molecule has 0 unspecified atom stereocenters. The average Bonchev–Trinajstić information content (AvgIpc) is 3.50. The van der Waals surface area contributed by atoms with Crippen molar-refractivity contribution in [2.24, 2.45) is 0 Å². The summed E-state index contributed by atoms with van der Waals surface area (Å²) in [6.45, 7) is 4.16. The molecule has 0 bridgehead atoms. The lowest BCUT2D eigenvalue weighted by Crippen LogP contribution is -2.43. The number of methoxy groups -OCH3 is 3. The number of carbonyl (C=O) groups is 2. The maximum absolute atomic E-state index is 13.6. The van der Waals surface area contributed by atoms with Crippen LogP contribution in [0.4, 0.5) is 0 Å². The van der Waals surface area contributed by atoms with Crippen LogP contribution in [0.25, 0.3) is 0 Å². The van der Waals surface area contributed by atoms with Gasteiger partial charge in [-0.2, -0.15) is 0 Å². The van der Waals surface area contributed by atoms with E-state index in [2.05, 4.69) is 6.92 Å². The predicted octanol–water partition coefficient (Wildman–Crippen LogP) is 6.65. The third-order valence-corrected chi connectivity index (χ3v) is 7.35. The summed E-state index contributed by atoms with van der Waals surface area (Å²) < 4.78 is 21.6. The highest BCUT2D eigenvalue weighted by atomic mass is 16.5. The van der Waals surface area contributed by atoms with Gasteiger partial charge in [0, 0.05) is 33.2 Å². The molecule has 2 amide bonds. The lowest BCUT2D eigenvalue weighted by atomic mass is 10.1. The van der Waals surface area contributed by atoms with E-state index in [0.29, 0.717) is 62.8 Å². The monoisotopic (exact) mass is 572 g/mol. The smallest absolute Gasteiger partial charge is 0.242 e. The van der Waals surface area contributed by atoms with Crippen LogP contribution in [0.1, 0.15) is 88.9 Å². The Kier molecular flexibility index (Phi) is 17.4. The molecule has 0 saturated carbocycles. The Hall–Kier alpha value is -3.00. The summed E-state index contributed by atoms with van der Waals surface area (Å²) in [6.07, 6.45) is 14.2. The van der Waals surface area contributed by atoms with E-state index in [-0.39, 0.29) is 18.4 Å². The zero-order valence-electron chi connectivity index (χ0n) is 25.8. The van der Waals surface area contributed by atoms with E-state index in [0.717, 1.165) is 24.8 Å². The molecule has 41 heavy (non-hydrogen) atoms. The fraction of sp³-hybridized carbons (Fsp3) is 0.636. The fourth-order valence-corrected chi connectivity index (χ4v) is 4.88. The highest BCUT2D eigenvalue weighted by Gasteiger charge is 2.22. The third kappa shape index (κ3) is 13.5. The number of ether oxygens (including phenoxy) is 3. The normalized spacial score (nSPS) is 10.9. The van der Waals surface area contributed by atoms with Crippen molar-refractivity contribution in [1.82, 2.24) is 9.80 Å². The zero-order chi connectivity index (χ0) is 29.7. The minimum atomic E-state index is -0.0975. The Morgan fingerprint density at radius 3 is 2.12 bits per heavy atom. The molecule has 0 aliphatic heterocycles. The summed E-state index contributed by atoms with van der Waals surface area (Å²) in [5.74, 6) is 1.96. The van der Waals surface area contributed by atoms with Crippen LogP contribution in [0.15, 0.2) is 41.0 Å². The SMILES string of the molecule is CCCCCCCCCCCC(=O)N(CCCOC)CC(=O)N(CCc1ccc(OC)c(OC)c1)Cc1ccco1. The highest BCUT2D eigenvalue weighted by molar-refractivity contribution is 5.84. The van der Waals surface area contributed by atoms with Crippen molar-refractivity contribution in [2.75, 3.05) is 47.6 Å². The maximum Gasteiger partial charge on any atom is 0.242 e. The molecule has 1 heterocycles. The molecule has 0 spiro atoms. The summed E-state index contributed by atoms with van der Waals surface area (Å²) in [5, 5.41) is 0. The average molecular weight is 573 g/mol. The van der Waals surface area contributed by atoms with E-state index in [4.69, 9.17) is 18.6 Å². The molecular weight excluding hydrogens is 520 g/mol. The van der Waals surface area contributed by atoms with Gasteiger partial charge in [0.25, 0.3) is 0 Å².